The fourth-order valence-electron chi connectivity index (χ4n) is 2.80. The van der Waals surface area contributed by atoms with E-state index in [0.717, 1.165) is 25.2 Å². The number of nitrogens with one attached hydrogen (secondary N) is 1. The van der Waals surface area contributed by atoms with Crippen molar-refractivity contribution in [2.24, 2.45) is 7.05 Å². The van der Waals surface area contributed by atoms with Crippen molar-refractivity contribution in [1.29, 1.82) is 0 Å². The van der Waals surface area contributed by atoms with Gasteiger partial charge in [-0.1, -0.05) is 24.3 Å². The van der Waals surface area contributed by atoms with Crippen molar-refractivity contribution in [3.05, 3.63) is 48.2 Å². The van der Waals surface area contributed by atoms with E-state index in [4.69, 9.17) is 4.74 Å². The van der Waals surface area contributed by atoms with Gasteiger partial charge in [0.1, 0.15) is 11.6 Å². The van der Waals surface area contributed by atoms with E-state index in [1.807, 2.05) is 43.4 Å². The highest BCUT2D eigenvalue weighted by Crippen LogP contribution is 2.22. The Bertz CT molecular complexity index is 767. The Kier molecular flexibility index (Phi) is 5.19. The highest BCUT2D eigenvalue weighted by Gasteiger charge is 2.19. The normalized spacial score (nSPS) is 16.2. The lowest BCUT2D eigenvalue weighted by Gasteiger charge is -2.21. The van der Waals surface area contributed by atoms with Crippen LogP contribution in [0.1, 0.15) is 19.0 Å². The Hall–Kier alpha value is -2.60. The molecule has 1 N–H and O–H groups in total. The third-order valence-electron chi connectivity index (χ3n) is 4.23. The van der Waals surface area contributed by atoms with E-state index in [1.165, 1.54) is 5.57 Å². The van der Waals surface area contributed by atoms with E-state index in [2.05, 4.69) is 28.4 Å². The molecule has 3 rings (SSSR count). The molecule has 25 heavy (non-hydrogen) atoms. The number of para-hydroxylation sites is 1. The zero-order valence-electron chi connectivity index (χ0n) is 14.9. The van der Waals surface area contributed by atoms with Gasteiger partial charge in [0, 0.05) is 26.2 Å². The molecule has 1 aromatic heterocycles. The topological polar surface area (TPSA) is 59.4 Å². The number of benzene rings is 1. The van der Waals surface area contributed by atoms with Crippen LogP contribution in [0, 0.1) is 0 Å². The average Bonchev–Trinajstić information content (AvgIpc) is 2.96. The monoisotopic (exact) mass is 340 g/mol. The maximum Gasteiger partial charge on any atom is 0.266 e. The Morgan fingerprint density at radius 2 is 2.04 bits per heavy atom. The molecule has 0 radical (unpaired) electrons. The van der Waals surface area contributed by atoms with E-state index in [-0.39, 0.29) is 5.91 Å². The molecule has 0 aliphatic carbocycles. The van der Waals surface area contributed by atoms with Crippen molar-refractivity contribution in [3.8, 4) is 5.75 Å². The standard InChI is InChI=1S/C19H24N4O2/c1-14(25-16-9-5-4-6-10-16)19(24)20-18-12-17(21-23(18)3)15-8-7-11-22(2)13-15/h4-6,8-10,12,14H,7,11,13H2,1-3H3,(H,20,24)/t14-/m0/s1. The summed E-state index contributed by atoms with van der Waals surface area (Å²) in [6.07, 6.45) is 2.64. The number of amides is 1. The lowest BCUT2D eigenvalue weighted by Crippen LogP contribution is -2.30. The molecule has 0 bridgehead atoms. The SMILES string of the molecule is C[C@H](Oc1ccccc1)C(=O)Nc1cc(C2=CCCN(C)C2)nn1C. The van der Waals surface area contributed by atoms with Crippen molar-refractivity contribution in [3.63, 3.8) is 0 Å². The number of likely N-dealkylation sites (N-methyl/N-ethyl adjacent to an activating group) is 1. The molecule has 2 aromatic rings. The first-order valence-electron chi connectivity index (χ1n) is 8.47. The number of carbonyl (C=O) groups is 1. The van der Waals surface area contributed by atoms with Crippen LogP contribution in [0.4, 0.5) is 5.82 Å². The van der Waals surface area contributed by atoms with Gasteiger partial charge in [0.25, 0.3) is 5.91 Å². The van der Waals surface area contributed by atoms with Gasteiger partial charge in [-0.15, -0.1) is 0 Å². The number of anilines is 1. The predicted molar refractivity (Wildman–Crippen MR) is 98.5 cm³/mol. The van der Waals surface area contributed by atoms with Gasteiger partial charge < -0.3 is 15.0 Å². The second kappa shape index (κ2) is 7.53. The van der Waals surface area contributed by atoms with Crippen LogP contribution < -0.4 is 10.1 Å². The Morgan fingerprint density at radius 1 is 1.28 bits per heavy atom. The predicted octanol–water partition coefficient (Wildman–Crippen LogP) is 2.55. The smallest absolute Gasteiger partial charge is 0.266 e. The second-order valence-electron chi connectivity index (χ2n) is 6.36. The minimum absolute atomic E-state index is 0.201. The van der Waals surface area contributed by atoms with Gasteiger partial charge in [-0.25, -0.2) is 0 Å². The maximum atomic E-state index is 12.4. The summed E-state index contributed by atoms with van der Waals surface area (Å²) in [6, 6.07) is 11.2. The molecule has 6 nitrogen and oxygen atoms in total. The number of rotatable bonds is 5. The highest BCUT2D eigenvalue weighted by atomic mass is 16.5. The molecule has 1 aliphatic rings. The largest absolute Gasteiger partial charge is 0.481 e. The van der Waals surface area contributed by atoms with Gasteiger partial charge in [-0.2, -0.15) is 5.10 Å². The summed E-state index contributed by atoms with van der Waals surface area (Å²) < 4.78 is 7.36. The number of aromatic nitrogens is 2. The van der Waals surface area contributed by atoms with Gasteiger partial charge in [0.15, 0.2) is 6.10 Å². The summed E-state index contributed by atoms with van der Waals surface area (Å²) in [7, 11) is 3.93. The van der Waals surface area contributed by atoms with E-state index in [1.54, 1.807) is 11.6 Å². The first-order chi connectivity index (χ1) is 12.0. The van der Waals surface area contributed by atoms with Crippen LogP contribution in [0.3, 0.4) is 0 Å². The summed E-state index contributed by atoms with van der Waals surface area (Å²) in [5.74, 6) is 1.14. The van der Waals surface area contributed by atoms with Crippen LogP contribution in [-0.2, 0) is 11.8 Å². The number of aryl methyl sites for hydroxylation is 1. The Labute approximate surface area is 148 Å². The van der Waals surface area contributed by atoms with Crippen LogP contribution in [0.5, 0.6) is 5.75 Å². The summed E-state index contributed by atoms with van der Waals surface area (Å²) >= 11 is 0. The van der Waals surface area contributed by atoms with Gasteiger partial charge in [-0.3, -0.25) is 9.48 Å². The molecule has 1 aromatic carbocycles. The molecular weight excluding hydrogens is 316 g/mol. The lowest BCUT2D eigenvalue weighted by atomic mass is 10.1. The molecule has 0 saturated carbocycles. The summed E-state index contributed by atoms with van der Waals surface area (Å²) in [5.41, 5.74) is 2.10. The minimum atomic E-state index is -0.597. The zero-order valence-corrected chi connectivity index (χ0v) is 14.9. The zero-order chi connectivity index (χ0) is 17.8. The fourth-order valence-corrected chi connectivity index (χ4v) is 2.80. The van der Waals surface area contributed by atoms with E-state index < -0.39 is 6.10 Å². The van der Waals surface area contributed by atoms with Crippen LogP contribution in [0.15, 0.2) is 42.5 Å². The third kappa shape index (κ3) is 4.28. The summed E-state index contributed by atoms with van der Waals surface area (Å²) in [4.78, 5) is 14.7. The van der Waals surface area contributed by atoms with Crippen molar-refractivity contribution in [1.82, 2.24) is 14.7 Å². The minimum Gasteiger partial charge on any atom is -0.481 e. The third-order valence-corrected chi connectivity index (χ3v) is 4.23. The number of hydrogen-bond donors (Lipinski definition) is 1. The molecule has 1 aliphatic heterocycles. The second-order valence-corrected chi connectivity index (χ2v) is 6.36. The Balaban J connectivity index is 1.66. The van der Waals surface area contributed by atoms with E-state index >= 15 is 0 Å². The number of carbonyl (C=O) groups excluding carboxylic acids is 1. The van der Waals surface area contributed by atoms with Crippen LogP contribution >= 0.6 is 0 Å². The lowest BCUT2D eigenvalue weighted by molar-refractivity contribution is -0.122. The molecule has 0 saturated heterocycles. The van der Waals surface area contributed by atoms with E-state index in [0.29, 0.717) is 11.6 Å². The number of hydrogen-bond acceptors (Lipinski definition) is 4. The molecule has 6 heteroatoms. The molecule has 0 unspecified atom stereocenters. The highest BCUT2D eigenvalue weighted by molar-refractivity contribution is 5.93. The molecule has 0 fully saturated rings. The van der Waals surface area contributed by atoms with Crippen LogP contribution in [0.25, 0.3) is 5.57 Å². The van der Waals surface area contributed by atoms with Crippen LogP contribution in [0.2, 0.25) is 0 Å². The van der Waals surface area contributed by atoms with Gasteiger partial charge in [0.2, 0.25) is 0 Å². The fraction of sp³-hybridized carbons (Fsp3) is 0.368. The molecule has 1 amide bonds. The van der Waals surface area contributed by atoms with Crippen molar-refractivity contribution < 1.29 is 9.53 Å². The Morgan fingerprint density at radius 3 is 2.76 bits per heavy atom. The summed E-state index contributed by atoms with van der Waals surface area (Å²) in [6.45, 7) is 3.67. The molecule has 0 spiro atoms. The average molecular weight is 340 g/mol. The first-order valence-corrected chi connectivity index (χ1v) is 8.47. The molecule has 1 atom stereocenters. The molecule has 132 valence electrons. The number of ether oxygens (including phenoxy) is 1. The maximum absolute atomic E-state index is 12.4. The van der Waals surface area contributed by atoms with Gasteiger partial charge in [0.05, 0.1) is 5.69 Å². The van der Waals surface area contributed by atoms with Crippen LogP contribution in [-0.4, -0.2) is 46.8 Å². The van der Waals surface area contributed by atoms with Gasteiger partial charge >= 0.3 is 0 Å². The quantitative estimate of drug-likeness (QED) is 0.909. The first kappa shape index (κ1) is 17.2. The van der Waals surface area contributed by atoms with E-state index in [9.17, 15) is 4.79 Å². The summed E-state index contributed by atoms with van der Waals surface area (Å²) in [5, 5.41) is 7.43. The van der Waals surface area contributed by atoms with Gasteiger partial charge in [-0.05, 0) is 38.1 Å². The van der Waals surface area contributed by atoms with Crippen molar-refractivity contribution >= 4 is 17.3 Å². The molecule has 2 heterocycles. The van der Waals surface area contributed by atoms with Crippen molar-refractivity contribution in [2.45, 2.75) is 19.4 Å². The number of nitrogens with zero attached hydrogens (tertiary/aromatic N) is 3. The molecular formula is C19H24N4O2. The van der Waals surface area contributed by atoms with Crippen molar-refractivity contribution in [2.75, 3.05) is 25.5 Å².